The highest BCUT2D eigenvalue weighted by atomic mass is 16.3. The molecule has 1 atom stereocenters. The molecule has 4 heterocycles. The molecule has 29 heavy (non-hydrogen) atoms. The third-order valence-corrected chi connectivity index (χ3v) is 5.95. The highest BCUT2D eigenvalue weighted by molar-refractivity contribution is 6.02. The van der Waals surface area contributed by atoms with Gasteiger partial charge in [0.25, 0.3) is 5.91 Å². The van der Waals surface area contributed by atoms with Crippen LogP contribution in [-0.2, 0) is 4.79 Å². The van der Waals surface area contributed by atoms with Crippen molar-refractivity contribution in [1.82, 2.24) is 19.9 Å². The summed E-state index contributed by atoms with van der Waals surface area (Å²) in [7, 11) is 0. The second-order valence-electron chi connectivity index (χ2n) is 8.24. The van der Waals surface area contributed by atoms with Crippen molar-refractivity contribution in [3.05, 3.63) is 35.7 Å². The lowest BCUT2D eigenvalue weighted by molar-refractivity contribution is -0.115. The van der Waals surface area contributed by atoms with E-state index in [0.29, 0.717) is 23.3 Å². The number of aliphatic hydroxyl groups is 1. The van der Waals surface area contributed by atoms with Crippen LogP contribution in [0.4, 0.5) is 11.6 Å². The van der Waals surface area contributed by atoms with Gasteiger partial charge in [0.2, 0.25) is 0 Å². The van der Waals surface area contributed by atoms with Crippen LogP contribution in [0.15, 0.2) is 30.1 Å². The molecule has 0 unspecified atom stereocenters. The standard InChI is InChI=1S/C21H26N6O2/c1-13-7-15(21(29)24-13)8-16-11-23-27-18(22-10-14-4-5-14)9-19(25-20(16)27)26-6-2-3-17(26)12-28/h8-9,11,14,17,22,28H,1-7,10,12H2,(H,24,29)/b15-8+/t17-/m1/s1. The summed E-state index contributed by atoms with van der Waals surface area (Å²) in [5, 5.41) is 20.6. The molecule has 3 fully saturated rings. The average Bonchev–Trinajstić information content (AvgIpc) is 3.11. The normalized spacial score (nSPS) is 23.4. The number of allylic oxidation sites excluding steroid dienone is 1. The van der Waals surface area contributed by atoms with Crippen molar-refractivity contribution in [1.29, 1.82) is 0 Å². The monoisotopic (exact) mass is 394 g/mol. The van der Waals surface area contributed by atoms with E-state index in [1.807, 2.05) is 16.7 Å². The molecule has 2 saturated heterocycles. The van der Waals surface area contributed by atoms with Crippen molar-refractivity contribution in [2.24, 2.45) is 5.92 Å². The van der Waals surface area contributed by atoms with Crippen LogP contribution >= 0.6 is 0 Å². The summed E-state index contributed by atoms with van der Waals surface area (Å²) in [6.45, 7) is 5.76. The van der Waals surface area contributed by atoms with Gasteiger partial charge in [-0.1, -0.05) is 6.58 Å². The molecule has 2 aromatic heterocycles. The number of aliphatic hydroxyl groups excluding tert-OH is 1. The summed E-state index contributed by atoms with van der Waals surface area (Å²) < 4.78 is 1.81. The second kappa shape index (κ2) is 7.18. The first-order chi connectivity index (χ1) is 14.1. The number of anilines is 2. The summed E-state index contributed by atoms with van der Waals surface area (Å²) >= 11 is 0. The minimum absolute atomic E-state index is 0.0925. The first kappa shape index (κ1) is 18.2. The lowest BCUT2D eigenvalue weighted by Gasteiger charge is -2.25. The highest BCUT2D eigenvalue weighted by Gasteiger charge is 2.27. The number of hydrogen-bond donors (Lipinski definition) is 3. The van der Waals surface area contributed by atoms with Gasteiger partial charge in [0, 0.05) is 42.4 Å². The number of carbonyl (C=O) groups excluding carboxylic acids is 1. The van der Waals surface area contributed by atoms with Crippen LogP contribution in [0, 0.1) is 5.92 Å². The smallest absolute Gasteiger partial charge is 0.251 e. The molecule has 8 heteroatoms. The Hall–Kier alpha value is -2.87. The zero-order valence-electron chi connectivity index (χ0n) is 16.4. The summed E-state index contributed by atoms with van der Waals surface area (Å²) in [4.78, 5) is 19.2. The molecule has 3 aliphatic rings. The molecular formula is C21H26N6O2. The zero-order chi connectivity index (χ0) is 20.0. The fourth-order valence-corrected chi connectivity index (χ4v) is 4.14. The number of nitrogens with one attached hydrogen (secondary N) is 2. The van der Waals surface area contributed by atoms with Crippen molar-refractivity contribution in [2.45, 2.75) is 38.1 Å². The molecule has 1 amide bonds. The maximum Gasteiger partial charge on any atom is 0.251 e. The van der Waals surface area contributed by atoms with Gasteiger partial charge in [-0.25, -0.2) is 4.98 Å². The molecule has 0 aromatic carbocycles. The Labute approximate surface area is 169 Å². The van der Waals surface area contributed by atoms with Crippen molar-refractivity contribution in [2.75, 3.05) is 29.9 Å². The van der Waals surface area contributed by atoms with Gasteiger partial charge in [-0.3, -0.25) is 4.79 Å². The van der Waals surface area contributed by atoms with Crippen molar-refractivity contribution in [3.63, 3.8) is 0 Å². The molecule has 152 valence electrons. The predicted octanol–water partition coefficient (Wildman–Crippen LogP) is 1.93. The van der Waals surface area contributed by atoms with Crippen LogP contribution in [0.1, 0.15) is 37.7 Å². The molecule has 3 N–H and O–H groups in total. The van der Waals surface area contributed by atoms with Gasteiger partial charge in [-0.2, -0.15) is 9.61 Å². The van der Waals surface area contributed by atoms with Crippen molar-refractivity contribution < 1.29 is 9.90 Å². The molecule has 1 aliphatic carbocycles. The van der Waals surface area contributed by atoms with Crippen molar-refractivity contribution >= 4 is 29.3 Å². The Kier molecular flexibility index (Phi) is 4.50. The van der Waals surface area contributed by atoms with Gasteiger partial charge >= 0.3 is 0 Å². The van der Waals surface area contributed by atoms with E-state index in [9.17, 15) is 9.90 Å². The molecule has 0 bridgehead atoms. The number of hydrogen-bond acceptors (Lipinski definition) is 6. The van der Waals surface area contributed by atoms with E-state index in [1.165, 1.54) is 12.8 Å². The van der Waals surface area contributed by atoms with Gasteiger partial charge in [-0.15, -0.1) is 0 Å². The summed E-state index contributed by atoms with van der Waals surface area (Å²) in [5.41, 5.74) is 2.89. The van der Waals surface area contributed by atoms with Crippen LogP contribution in [0.3, 0.4) is 0 Å². The molecule has 2 aromatic rings. The Bertz CT molecular complexity index is 1010. The second-order valence-corrected chi connectivity index (χ2v) is 8.24. The summed E-state index contributed by atoms with van der Waals surface area (Å²) in [5.74, 6) is 2.35. The minimum atomic E-state index is -0.113. The summed E-state index contributed by atoms with van der Waals surface area (Å²) in [6, 6.07) is 2.12. The number of amides is 1. The number of aromatic nitrogens is 3. The van der Waals surface area contributed by atoms with Gasteiger partial charge in [-0.05, 0) is 37.7 Å². The van der Waals surface area contributed by atoms with Crippen molar-refractivity contribution in [3.8, 4) is 0 Å². The largest absolute Gasteiger partial charge is 0.394 e. The fourth-order valence-electron chi connectivity index (χ4n) is 4.14. The first-order valence-corrected chi connectivity index (χ1v) is 10.3. The van der Waals surface area contributed by atoms with Gasteiger partial charge in [0.15, 0.2) is 5.65 Å². The number of rotatable bonds is 6. The van der Waals surface area contributed by atoms with E-state index < -0.39 is 0 Å². The van der Waals surface area contributed by atoms with E-state index in [4.69, 9.17) is 4.98 Å². The average molecular weight is 394 g/mol. The predicted molar refractivity (Wildman–Crippen MR) is 112 cm³/mol. The molecule has 8 nitrogen and oxygen atoms in total. The van der Waals surface area contributed by atoms with E-state index in [0.717, 1.165) is 49.0 Å². The Balaban J connectivity index is 1.57. The van der Waals surface area contributed by atoms with Gasteiger partial charge < -0.3 is 20.6 Å². The Morgan fingerprint density at radius 1 is 1.38 bits per heavy atom. The molecule has 2 aliphatic heterocycles. The van der Waals surface area contributed by atoms with E-state index in [2.05, 4.69) is 27.2 Å². The summed E-state index contributed by atoms with van der Waals surface area (Å²) in [6.07, 6.45) is 8.66. The Morgan fingerprint density at radius 2 is 2.24 bits per heavy atom. The van der Waals surface area contributed by atoms with E-state index in [-0.39, 0.29) is 18.6 Å². The molecule has 0 spiro atoms. The van der Waals surface area contributed by atoms with Gasteiger partial charge in [0.05, 0.1) is 18.8 Å². The van der Waals surface area contributed by atoms with Crippen LogP contribution in [0.5, 0.6) is 0 Å². The van der Waals surface area contributed by atoms with Gasteiger partial charge in [0.1, 0.15) is 11.6 Å². The Morgan fingerprint density at radius 3 is 2.97 bits per heavy atom. The first-order valence-electron chi connectivity index (χ1n) is 10.3. The molecule has 5 rings (SSSR count). The molecular weight excluding hydrogens is 368 g/mol. The van der Waals surface area contributed by atoms with E-state index >= 15 is 0 Å². The van der Waals surface area contributed by atoms with Crippen LogP contribution in [0.2, 0.25) is 0 Å². The lowest BCUT2D eigenvalue weighted by atomic mass is 10.1. The third kappa shape index (κ3) is 3.48. The SMILES string of the molecule is C=C1C/C(=C\c2cnn3c(NCC4CC4)cc(N4CCC[C@@H]4CO)nc23)C(=O)N1. The topological polar surface area (TPSA) is 94.8 Å². The quantitative estimate of drug-likeness (QED) is 0.648. The number of fused-ring (bicyclic) bond motifs is 1. The third-order valence-electron chi connectivity index (χ3n) is 5.95. The fraction of sp³-hybridized carbons (Fsp3) is 0.476. The lowest BCUT2D eigenvalue weighted by Crippen LogP contribution is -2.33. The molecule has 0 radical (unpaired) electrons. The maximum atomic E-state index is 12.1. The van der Waals surface area contributed by atoms with E-state index in [1.54, 1.807) is 6.20 Å². The number of nitrogens with zero attached hydrogens (tertiary/aromatic N) is 4. The zero-order valence-corrected chi connectivity index (χ0v) is 16.4. The minimum Gasteiger partial charge on any atom is -0.394 e. The highest BCUT2D eigenvalue weighted by Crippen LogP contribution is 2.31. The maximum absolute atomic E-state index is 12.1. The van der Waals surface area contributed by atoms with Crippen LogP contribution in [0.25, 0.3) is 11.7 Å². The molecule has 1 saturated carbocycles. The van der Waals surface area contributed by atoms with Crippen LogP contribution < -0.4 is 15.5 Å². The van der Waals surface area contributed by atoms with Crippen LogP contribution in [-0.4, -0.2) is 51.4 Å². The number of carbonyl (C=O) groups is 1.